The van der Waals surface area contributed by atoms with E-state index < -0.39 is 0 Å². The van der Waals surface area contributed by atoms with Crippen LogP contribution in [-0.4, -0.2) is 32.3 Å². The molecule has 0 spiro atoms. The van der Waals surface area contributed by atoms with E-state index in [1.165, 1.54) is 7.11 Å². The molecule has 0 bridgehead atoms. The molecule has 1 rings (SSSR count). The summed E-state index contributed by atoms with van der Waals surface area (Å²) in [5.74, 6) is -0.536. The maximum absolute atomic E-state index is 11.0. The minimum Gasteiger partial charge on any atom is -0.469 e. The Balaban J connectivity index is 2.47. The Morgan fingerprint density at radius 2 is 2.45 bits per heavy atom. The molecule has 2 atom stereocenters. The molecule has 0 aromatic carbocycles. The smallest absolute Gasteiger partial charge is 0.312 e. The average Bonchev–Trinajstić information content (AvgIpc) is 2.04. The predicted octanol–water partition coefficient (Wildman–Crippen LogP) is -0.477. The van der Waals surface area contributed by atoms with E-state index in [2.05, 4.69) is 4.74 Å². The first-order chi connectivity index (χ1) is 5.25. The molecule has 64 valence electrons. The molecule has 0 unspecified atom stereocenters. The Bertz CT molecular complexity index is 149. The van der Waals surface area contributed by atoms with Crippen molar-refractivity contribution < 1.29 is 14.3 Å². The van der Waals surface area contributed by atoms with Crippen LogP contribution in [0.4, 0.5) is 0 Å². The fourth-order valence-electron chi connectivity index (χ4n) is 1.15. The number of hydrogen-bond donors (Lipinski definition) is 1. The first kappa shape index (κ1) is 8.49. The predicted molar refractivity (Wildman–Crippen MR) is 38.9 cm³/mol. The van der Waals surface area contributed by atoms with Gasteiger partial charge < -0.3 is 15.2 Å². The normalized spacial score (nSPS) is 31.5. The summed E-state index contributed by atoms with van der Waals surface area (Å²) in [7, 11) is 1.36. The van der Waals surface area contributed by atoms with Crippen LogP contribution in [0.1, 0.15) is 6.42 Å². The maximum Gasteiger partial charge on any atom is 0.312 e. The summed E-state index contributed by atoms with van der Waals surface area (Å²) < 4.78 is 9.66. The third-order valence-corrected chi connectivity index (χ3v) is 1.91. The summed E-state index contributed by atoms with van der Waals surface area (Å²) in [6, 6.07) is -0.101. The fourth-order valence-corrected chi connectivity index (χ4v) is 1.15. The van der Waals surface area contributed by atoms with Crippen LogP contribution in [0.3, 0.4) is 0 Å². The van der Waals surface area contributed by atoms with Crippen molar-refractivity contribution in [2.75, 3.05) is 20.3 Å². The zero-order chi connectivity index (χ0) is 8.27. The van der Waals surface area contributed by atoms with Gasteiger partial charge in [-0.1, -0.05) is 0 Å². The molecule has 0 aromatic heterocycles. The van der Waals surface area contributed by atoms with Gasteiger partial charge in [-0.3, -0.25) is 4.79 Å². The van der Waals surface area contributed by atoms with Gasteiger partial charge in [0, 0.05) is 12.6 Å². The summed E-state index contributed by atoms with van der Waals surface area (Å²) in [5, 5.41) is 0. The van der Waals surface area contributed by atoms with Crippen LogP contribution in [0.25, 0.3) is 0 Å². The van der Waals surface area contributed by atoms with Crippen molar-refractivity contribution in [3.63, 3.8) is 0 Å². The van der Waals surface area contributed by atoms with Crippen LogP contribution < -0.4 is 5.73 Å². The van der Waals surface area contributed by atoms with Gasteiger partial charge in [-0.25, -0.2) is 0 Å². The highest BCUT2D eigenvalue weighted by Gasteiger charge is 2.29. The molecule has 0 amide bonds. The van der Waals surface area contributed by atoms with Crippen LogP contribution in [0.2, 0.25) is 0 Å². The van der Waals surface area contributed by atoms with Gasteiger partial charge in [-0.05, 0) is 6.42 Å². The Morgan fingerprint density at radius 1 is 1.73 bits per heavy atom. The van der Waals surface area contributed by atoms with E-state index in [0.717, 1.165) is 6.42 Å². The number of hydrogen-bond acceptors (Lipinski definition) is 4. The first-order valence-electron chi connectivity index (χ1n) is 3.67. The average molecular weight is 159 g/mol. The lowest BCUT2D eigenvalue weighted by molar-refractivity contribution is -0.150. The number of rotatable bonds is 1. The molecule has 1 saturated heterocycles. The Labute approximate surface area is 65.7 Å². The summed E-state index contributed by atoms with van der Waals surface area (Å²) in [6.45, 7) is 1.04. The van der Waals surface area contributed by atoms with E-state index in [-0.39, 0.29) is 17.9 Å². The topological polar surface area (TPSA) is 61.5 Å². The van der Waals surface area contributed by atoms with E-state index in [0.29, 0.717) is 13.2 Å². The second-order valence-corrected chi connectivity index (χ2v) is 2.66. The van der Waals surface area contributed by atoms with Gasteiger partial charge >= 0.3 is 5.97 Å². The van der Waals surface area contributed by atoms with Gasteiger partial charge in [0.15, 0.2) is 0 Å². The molecule has 0 aromatic rings. The van der Waals surface area contributed by atoms with E-state index in [4.69, 9.17) is 10.5 Å². The molecule has 4 heteroatoms. The molecule has 0 aliphatic carbocycles. The van der Waals surface area contributed by atoms with Crippen molar-refractivity contribution in [1.82, 2.24) is 0 Å². The van der Waals surface area contributed by atoms with Gasteiger partial charge in [0.25, 0.3) is 0 Å². The highest BCUT2D eigenvalue weighted by Crippen LogP contribution is 2.13. The highest BCUT2D eigenvalue weighted by atomic mass is 16.5. The summed E-state index contributed by atoms with van der Waals surface area (Å²) in [5.41, 5.74) is 5.67. The van der Waals surface area contributed by atoms with Gasteiger partial charge in [-0.15, -0.1) is 0 Å². The molecule has 1 fully saturated rings. The standard InChI is InChI=1S/C7H13NO3/c1-10-7(9)5-4-11-3-2-6(5)8/h5-6H,2-4,8H2,1H3/t5-,6+/m0/s1. The van der Waals surface area contributed by atoms with Crippen LogP contribution >= 0.6 is 0 Å². The van der Waals surface area contributed by atoms with Gasteiger partial charge in [0.1, 0.15) is 0 Å². The Morgan fingerprint density at radius 3 is 3.00 bits per heavy atom. The van der Waals surface area contributed by atoms with Crippen molar-refractivity contribution in [1.29, 1.82) is 0 Å². The van der Waals surface area contributed by atoms with Crippen molar-refractivity contribution in [2.45, 2.75) is 12.5 Å². The van der Waals surface area contributed by atoms with Crippen LogP contribution in [0.15, 0.2) is 0 Å². The molecular formula is C7H13NO3. The summed E-state index contributed by atoms with van der Waals surface area (Å²) >= 11 is 0. The number of carbonyl (C=O) groups is 1. The van der Waals surface area contributed by atoms with Crippen LogP contribution in [0, 0.1) is 5.92 Å². The fraction of sp³-hybridized carbons (Fsp3) is 0.857. The Kier molecular flexibility index (Phi) is 2.84. The zero-order valence-corrected chi connectivity index (χ0v) is 6.58. The number of nitrogens with two attached hydrogens (primary N) is 1. The lowest BCUT2D eigenvalue weighted by atomic mass is 9.97. The van der Waals surface area contributed by atoms with Crippen molar-refractivity contribution in [2.24, 2.45) is 11.7 Å². The van der Waals surface area contributed by atoms with Crippen molar-refractivity contribution in [3.05, 3.63) is 0 Å². The molecule has 1 aliphatic heterocycles. The minimum atomic E-state index is -0.270. The van der Waals surface area contributed by atoms with Gasteiger partial charge in [-0.2, -0.15) is 0 Å². The maximum atomic E-state index is 11.0. The molecule has 0 radical (unpaired) electrons. The molecule has 1 aliphatic rings. The second kappa shape index (κ2) is 3.69. The lowest BCUT2D eigenvalue weighted by Gasteiger charge is -2.26. The lowest BCUT2D eigenvalue weighted by Crippen LogP contribution is -2.43. The molecule has 0 saturated carbocycles. The Hall–Kier alpha value is -0.610. The monoisotopic (exact) mass is 159 g/mol. The van der Waals surface area contributed by atoms with Crippen molar-refractivity contribution >= 4 is 5.97 Å². The van der Waals surface area contributed by atoms with Crippen LogP contribution in [0.5, 0.6) is 0 Å². The largest absolute Gasteiger partial charge is 0.469 e. The SMILES string of the molecule is COC(=O)[C@H]1COCC[C@H]1N. The summed E-state index contributed by atoms with van der Waals surface area (Å²) in [4.78, 5) is 11.0. The highest BCUT2D eigenvalue weighted by molar-refractivity contribution is 5.73. The van der Waals surface area contributed by atoms with Crippen LogP contribution in [-0.2, 0) is 14.3 Å². The van der Waals surface area contributed by atoms with Crippen molar-refractivity contribution in [3.8, 4) is 0 Å². The molecular weight excluding hydrogens is 146 g/mol. The first-order valence-corrected chi connectivity index (χ1v) is 3.67. The number of esters is 1. The van der Waals surface area contributed by atoms with Gasteiger partial charge in [0.05, 0.1) is 19.6 Å². The molecule has 4 nitrogen and oxygen atoms in total. The van der Waals surface area contributed by atoms with Gasteiger partial charge in [0.2, 0.25) is 0 Å². The van der Waals surface area contributed by atoms with E-state index >= 15 is 0 Å². The quantitative estimate of drug-likeness (QED) is 0.525. The number of methoxy groups -OCH3 is 1. The third kappa shape index (κ3) is 1.91. The summed E-state index contributed by atoms with van der Waals surface area (Å²) in [6.07, 6.45) is 0.736. The second-order valence-electron chi connectivity index (χ2n) is 2.66. The van der Waals surface area contributed by atoms with E-state index in [1.54, 1.807) is 0 Å². The molecule has 11 heavy (non-hydrogen) atoms. The molecule has 1 heterocycles. The minimum absolute atomic E-state index is 0.101. The van der Waals surface area contributed by atoms with E-state index in [1.807, 2.05) is 0 Å². The molecule has 2 N–H and O–H groups in total. The van der Waals surface area contributed by atoms with E-state index in [9.17, 15) is 4.79 Å². The number of ether oxygens (including phenoxy) is 2. The zero-order valence-electron chi connectivity index (χ0n) is 6.58. The number of carbonyl (C=O) groups excluding carboxylic acids is 1. The third-order valence-electron chi connectivity index (χ3n) is 1.91.